The number of aromatic carboxylic acids is 1. The molecule has 120 valence electrons. The fraction of sp³-hybridized carbons (Fsp3) is 0.222. The van der Waals surface area contributed by atoms with Gasteiger partial charge in [-0.25, -0.2) is 4.79 Å². The number of carboxylic acids is 1. The van der Waals surface area contributed by atoms with Gasteiger partial charge >= 0.3 is 5.97 Å². The molecule has 0 fully saturated rings. The molecule has 23 heavy (non-hydrogen) atoms. The van der Waals surface area contributed by atoms with Gasteiger partial charge in [-0.1, -0.05) is 32.9 Å². The van der Waals surface area contributed by atoms with Crippen molar-refractivity contribution in [2.45, 2.75) is 26.2 Å². The Hall–Kier alpha value is -2.82. The van der Waals surface area contributed by atoms with E-state index in [9.17, 15) is 14.7 Å². The molecule has 0 unspecified atom stereocenters. The number of carboxylic acid groups (broad SMARTS) is 1. The van der Waals surface area contributed by atoms with Gasteiger partial charge in [-0.3, -0.25) is 4.79 Å². The van der Waals surface area contributed by atoms with Crippen molar-refractivity contribution in [2.75, 3.05) is 5.32 Å². The predicted octanol–water partition coefficient (Wildman–Crippen LogP) is 3.64. The van der Waals surface area contributed by atoms with Crippen molar-refractivity contribution < 1.29 is 19.8 Å². The smallest absolute Gasteiger partial charge is 0.337 e. The maximum atomic E-state index is 12.3. The minimum Gasteiger partial charge on any atom is -0.508 e. The van der Waals surface area contributed by atoms with Crippen molar-refractivity contribution in [3.8, 4) is 5.75 Å². The SMILES string of the molecule is CC(C)(C)c1ccc(C(=O)Nc2cc(O)ccc2C(=O)O)cc1. The van der Waals surface area contributed by atoms with Crippen molar-refractivity contribution in [1.82, 2.24) is 0 Å². The summed E-state index contributed by atoms with van der Waals surface area (Å²) in [5.74, 6) is -1.73. The molecule has 0 spiro atoms. The molecule has 5 heteroatoms. The van der Waals surface area contributed by atoms with Gasteiger partial charge in [0.25, 0.3) is 5.91 Å². The van der Waals surface area contributed by atoms with Crippen LogP contribution in [-0.4, -0.2) is 22.1 Å². The van der Waals surface area contributed by atoms with E-state index in [4.69, 9.17) is 5.11 Å². The molecule has 0 saturated carbocycles. The van der Waals surface area contributed by atoms with E-state index in [1.54, 1.807) is 12.1 Å². The molecule has 0 atom stereocenters. The number of hydrogen-bond acceptors (Lipinski definition) is 3. The van der Waals surface area contributed by atoms with E-state index < -0.39 is 11.9 Å². The molecule has 1 amide bonds. The average molecular weight is 313 g/mol. The van der Waals surface area contributed by atoms with Gasteiger partial charge < -0.3 is 15.5 Å². The van der Waals surface area contributed by atoms with Gasteiger partial charge in [0.15, 0.2) is 0 Å². The molecule has 0 heterocycles. The van der Waals surface area contributed by atoms with Crippen LogP contribution in [0.25, 0.3) is 0 Å². The minimum atomic E-state index is -1.18. The summed E-state index contributed by atoms with van der Waals surface area (Å²) in [4.78, 5) is 23.4. The Kier molecular flexibility index (Phi) is 4.40. The molecule has 0 aliphatic carbocycles. The number of benzene rings is 2. The molecule has 2 aromatic carbocycles. The van der Waals surface area contributed by atoms with Crippen LogP contribution in [0.1, 0.15) is 47.1 Å². The quantitative estimate of drug-likeness (QED) is 0.807. The van der Waals surface area contributed by atoms with Gasteiger partial charge in [0, 0.05) is 11.6 Å². The third kappa shape index (κ3) is 3.88. The Bertz CT molecular complexity index is 743. The van der Waals surface area contributed by atoms with Crippen molar-refractivity contribution in [3.63, 3.8) is 0 Å². The fourth-order valence-electron chi connectivity index (χ4n) is 2.14. The third-order valence-electron chi connectivity index (χ3n) is 3.49. The first kappa shape index (κ1) is 16.5. The first-order valence-electron chi connectivity index (χ1n) is 7.16. The van der Waals surface area contributed by atoms with E-state index in [0.717, 1.165) is 5.56 Å². The molecule has 0 aromatic heterocycles. The second kappa shape index (κ2) is 6.12. The van der Waals surface area contributed by atoms with Crippen LogP contribution in [0.2, 0.25) is 0 Å². The second-order valence-corrected chi connectivity index (χ2v) is 6.32. The maximum absolute atomic E-state index is 12.3. The van der Waals surface area contributed by atoms with Crippen molar-refractivity contribution in [2.24, 2.45) is 0 Å². The number of hydrogen-bond donors (Lipinski definition) is 3. The first-order chi connectivity index (χ1) is 10.7. The van der Waals surface area contributed by atoms with E-state index in [-0.39, 0.29) is 22.4 Å². The highest BCUT2D eigenvalue weighted by atomic mass is 16.4. The number of aromatic hydroxyl groups is 1. The molecular weight excluding hydrogens is 294 g/mol. The molecule has 0 aliphatic rings. The monoisotopic (exact) mass is 313 g/mol. The van der Waals surface area contributed by atoms with Crippen LogP contribution < -0.4 is 5.32 Å². The predicted molar refractivity (Wildman–Crippen MR) is 88.2 cm³/mol. The van der Waals surface area contributed by atoms with Crippen molar-refractivity contribution in [1.29, 1.82) is 0 Å². The lowest BCUT2D eigenvalue weighted by Gasteiger charge is -2.19. The number of carbonyl (C=O) groups excluding carboxylic acids is 1. The number of rotatable bonds is 3. The van der Waals surface area contributed by atoms with Gasteiger partial charge in [0.2, 0.25) is 0 Å². The lowest BCUT2D eigenvalue weighted by Crippen LogP contribution is -2.16. The van der Waals surface area contributed by atoms with E-state index in [1.165, 1.54) is 18.2 Å². The van der Waals surface area contributed by atoms with Gasteiger partial charge in [0.1, 0.15) is 5.75 Å². The number of phenols is 1. The molecule has 0 saturated heterocycles. The highest BCUT2D eigenvalue weighted by Crippen LogP contribution is 2.24. The van der Waals surface area contributed by atoms with Crippen molar-refractivity contribution >= 4 is 17.6 Å². The van der Waals surface area contributed by atoms with Crippen LogP contribution in [0, 0.1) is 0 Å². The van der Waals surface area contributed by atoms with Gasteiger partial charge in [-0.15, -0.1) is 0 Å². The zero-order chi connectivity index (χ0) is 17.2. The molecule has 0 radical (unpaired) electrons. The summed E-state index contributed by atoms with van der Waals surface area (Å²) < 4.78 is 0. The summed E-state index contributed by atoms with van der Waals surface area (Å²) in [5, 5.41) is 21.1. The second-order valence-electron chi connectivity index (χ2n) is 6.32. The average Bonchev–Trinajstić information content (AvgIpc) is 2.46. The van der Waals surface area contributed by atoms with Gasteiger partial charge in [-0.05, 0) is 35.2 Å². The minimum absolute atomic E-state index is 0.0172. The first-order valence-corrected chi connectivity index (χ1v) is 7.16. The molecule has 2 aromatic rings. The fourth-order valence-corrected chi connectivity index (χ4v) is 2.14. The number of carbonyl (C=O) groups is 2. The number of amides is 1. The Morgan fingerprint density at radius 3 is 2.13 bits per heavy atom. The van der Waals surface area contributed by atoms with Crippen LogP contribution in [0.5, 0.6) is 5.75 Å². The largest absolute Gasteiger partial charge is 0.508 e. The molecule has 0 bridgehead atoms. The van der Waals surface area contributed by atoms with E-state index in [1.807, 2.05) is 12.1 Å². The van der Waals surface area contributed by atoms with Crippen LogP contribution in [0.4, 0.5) is 5.69 Å². The highest BCUT2D eigenvalue weighted by Gasteiger charge is 2.16. The lowest BCUT2D eigenvalue weighted by molar-refractivity contribution is 0.0698. The number of anilines is 1. The normalized spacial score (nSPS) is 11.1. The Morgan fingerprint density at radius 2 is 1.61 bits per heavy atom. The van der Waals surface area contributed by atoms with Crippen LogP contribution in [-0.2, 0) is 5.41 Å². The topological polar surface area (TPSA) is 86.6 Å². The Morgan fingerprint density at radius 1 is 1.00 bits per heavy atom. The van der Waals surface area contributed by atoms with Crippen LogP contribution in [0.15, 0.2) is 42.5 Å². The standard InChI is InChI=1S/C18H19NO4/c1-18(2,3)12-6-4-11(5-7-12)16(21)19-15-10-13(20)8-9-14(15)17(22)23/h4-10,20H,1-3H3,(H,19,21)(H,22,23). The summed E-state index contributed by atoms with van der Waals surface area (Å²) in [7, 11) is 0. The van der Waals surface area contributed by atoms with Gasteiger partial charge in [0.05, 0.1) is 11.3 Å². The lowest BCUT2D eigenvalue weighted by atomic mass is 9.86. The summed E-state index contributed by atoms with van der Waals surface area (Å²) in [6.07, 6.45) is 0. The molecule has 3 N–H and O–H groups in total. The summed E-state index contributed by atoms with van der Waals surface area (Å²) in [6, 6.07) is 10.8. The molecule has 5 nitrogen and oxygen atoms in total. The van der Waals surface area contributed by atoms with Crippen LogP contribution >= 0.6 is 0 Å². The maximum Gasteiger partial charge on any atom is 0.337 e. The van der Waals surface area contributed by atoms with Crippen LogP contribution in [0.3, 0.4) is 0 Å². The summed E-state index contributed by atoms with van der Waals surface area (Å²) in [6.45, 7) is 6.23. The molecule has 0 aliphatic heterocycles. The number of phenolic OH excluding ortho intramolecular Hbond substituents is 1. The zero-order valence-corrected chi connectivity index (χ0v) is 13.3. The van der Waals surface area contributed by atoms with E-state index in [2.05, 4.69) is 26.1 Å². The highest BCUT2D eigenvalue weighted by molar-refractivity contribution is 6.07. The number of nitrogens with one attached hydrogen (secondary N) is 1. The van der Waals surface area contributed by atoms with E-state index >= 15 is 0 Å². The third-order valence-corrected chi connectivity index (χ3v) is 3.49. The molecule has 2 rings (SSSR count). The van der Waals surface area contributed by atoms with Crippen molar-refractivity contribution in [3.05, 3.63) is 59.2 Å². The van der Waals surface area contributed by atoms with E-state index in [0.29, 0.717) is 5.56 Å². The Labute approximate surface area is 134 Å². The molecular formula is C18H19NO4. The summed E-state index contributed by atoms with van der Waals surface area (Å²) >= 11 is 0. The Balaban J connectivity index is 2.26. The zero-order valence-electron chi connectivity index (χ0n) is 13.3. The summed E-state index contributed by atoms with van der Waals surface area (Å²) in [5.41, 5.74) is 1.47. The van der Waals surface area contributed by atoms with Gasteiger partial charge in [-0.2, -0.15) is 0 Å².